The van der Waals surface area contributed by atoms with Gasteiger partial charge < -0.3 is 0 Å². The normalized spacial score (nSPS) is 11.3. The molecule has 0 aliphatic rings. The summed E-state index contributed by atoms with van der Waals surface area (Å²) in [7, 11) is -3.75. The maximum absolute atomic E-state index is 12.1. The second kappa shape index (κ2) is 5.36. The topological polar surface area (TPSA) is 59.1 Å². The fourth-order valence-corrected chi connectivity index (χ4v) is 3.14. The van der Waals surface area contributed by atoms with Crippen LogP contribution >= 0.6 is 23.2 Å². The van der Waals surface area contributed by atoms with Gasteiger partial charge in [-0.15, -0.1) is 0 Å². The van der Waals surface area contributed by atoms with Crippen LogP contribution in [0, 0.1) is 6.92 Å². The van der Waals surface area contributed by atoms with Crippen molar-refractivity contribution in [3.63, 3.8) is 0 Å². The highest BCUT2D eigenvalue weighted by Gasteiger charge is 2.16. The van der Waals surface area contributed by atoms with Crippen LogP contribution in [-0.4, -0.2) is 13.4 Å². The Morgan fingerprint density at radius 2 is 1.74 bits per heavy atom. The molecule has 0 fully saturated rings. The second-order valence-corrected chi connectivity index (χ2v) is 6.49. The highest BCUT2D eigenvalue weighted by atomic mass is 35.5. The fourth-order valence-electron chi connectivity index (χ4n) is 1.41. The van der Waals surface area contributed by atoms with Crippen molar-refractivity contribution >= 4 is 39.0 Å². The number of halogens is 2. The third-order valence-electron chi connectivity index (χ3n) is 2.30. The van der Waals surface area contributed by atoms with E-state index < -0.39 is 10.0 Å². The lowest BCUT2D eigenvalue weighted by Crippen LogP contribution is -2.13. The van der Waals surface area contributed by atoms with Gasteiger partial charge in [0.2, 0.25) is 0 Å². The highest BCUT2D eigenvalue weighted by Crippen LogP contribution is 2.23. The van der Waals surface area contributed by atoms with Crippen LogP contribution in [0.5, 0.6) is 0 Å². The predicted molar refractivity (Wildman–Crippen MR) is 76.2 cm³/mol. The first-order chi connectivity index (χ1) is 8.87. The minimum atomic E-state index is -3.75. The van der Waals surface area contributed by atoms with Gasteiger partial charge in [-0.1, -0.05) is 29.3 Å². The van der Waals surface area contributed by atoms with Crippen molar-refractivity contribution in [1.29, 1.82) is 0 Å². The zero-order valence-electron chi connectivity index (χ0n) is 9.89. The molecule has 0 spiro atoms. The van der Waals surface area contributed by atoms with E-state index in [1.165, 1.54) is 18.2 Å². The van der Waals surface area contributed by atoms with Gasteiger partial charge in [0.15, 0.2) is 0 Å². The Kier molecular flexibility index (Phi) is 3.99. The van der Waals surface area contributed by atoms with E-state index in [2.05, 4.69) is 9.71 Å². The van der Waals surface area contributed by atoms with E-state index in [4.69, 9.17) is 23.2 Å². The van der Waals surface area contributed by atoms with Crippen molar-refractivity contribution in [2.24, 2.45) is 0 Å². The first-order valence-corrected chi connectivity index (χ1v) is 7.52. The highest BCUT2D eigenvalue weighted by molar-refractivity contribution is 7.92. The number of benzene rings is 1. The average Bonchev–Trinajstić information content (AvgIpc) is 2.31. The summed E-state index contributed by atoms with van der Waals surface area (Å²) in [6, 6.07) is 7.45. The average molecular weight is 317 g/mol. The molecule has 1 aromatic carbocycles. The predicted octanol–water partition coefficient (Wildman–Crippen LogP) is 3.50. The van der Waals surface area contributed by atoms with Crippen LogP contribution in [0.4, 0.5) is 5.82 Å². The maximum Gasteiger partial charge on any atom is 0.263 e. The number of aryl methyl sites for hydroxylation is 1. The van der Waals surface area contributed by atoms with Crippen molar-refractivity contribution in [2.75, 3.05) is 4.72 Å². The molecule has 4 nitrogen and oxygen atoms in total. The molecular formula is C12H10Cl2N2O2S. The van der Waals surface area contributed by atoms with Gasteiger partial charge >= 0.3 is 0 Å². The molecule has 0 aliphatic heterocycles. The zero-order valence-corrected chi connectivity index (χ0v) is 12.2. The SMILES string of the molecule is Cc1ccc(NS(=O)(=O)c2cc(Cl)cc(Cl)c2)nc1. The summed E-state index contributed by atoms with van der Waals surface area (Å²) < 4.78 is 26.6. The van der Waals surface area contributed by atoms with Crippen molar-refractivity contribution in [3.05, 3.63) is 52.1 Å². The monoisotopic (exact) mass is 316 g/mol. The molecule has 19 heavy (non-hydrogen) atoms. The van der Waals surface area contributed by atoms with Crippen LogP contribution in [0.3, 0.4) is 0 Å². The summed E-state index contributed by atoms with van der Waals surface area (Å²) in [5, 5.41) is 0.509. The van der Waals surface area contributed by atoms with Gasteiger partial charge in [0.25, 0.3) is 10.0 Å². The van der Waals surface area contributed by atoms with Crippen LogP contribution in [0.1, 0.15) is 5.56 Å². The molecule has 0 saturated heterocycles. The van der Waals surface area contributed by atoms with E-state index in [1.54, 1.807) is 18.3 Å². The number of aromatic nitrogens is 1. The smallest absolute Gasteiger partial charge is 0.263 e. The third kappa shape index (κ3) is 3.59. The number of hydrogen-bond donors (Lipinski definition) is 1. The third-order valence-corrected chi connectivity index (χ3v) is 4.07. The molecule has 1 aromatic heterocycles. The van der Waals surface area contributed by atoms with Crippen molar-refractivity contribution < 1.29 is 8.42 Å². The number of hydrogen-bond acceptors (Lipinski definition) is 3. The van der Waals surface area contributed by atoms with E-state index in [9.17, 15) is 8.42 Å². The van der Waals surface area contributed by atoms with E-state index in [-0.39, 0.29) is 20.8 Å². The standard InChI is InChI=1S/C12H10Cl2N2O2S/c1-8-2-3-12(15-7-8)16-19(17,18)11-5-9(13)4-10(14)6-11/h2-7H,1H3,(H,15,16). The zero-order chi connectivity index (χ0) is 14.0. The lowest BCUT2D eigenvalue weighted by molar-refractivity contribution is 0.601. The number of nitrogens with zero attached hydrogens (tertiary/aromatic N) is 1. The van der Waals surface area contributed by atoms with Gasteiger partial charge in [-0.2, -0.15) is 0 Å². The Bertz CT molecular complexity index is 680. The molecule has 1 N–H and O–H groups in total. The van der Waals surface area contributed by atoms with Gasteiger partial charge in [0, 0.05) is 16.2 Å². The Morgan fingerprint density at radius 3 is 2.26 bits per heavy atom. The first kappa shape index (κ1) is 14.1. The number of pyridine rings is 1. The van der Waals surface area contributed by atoms with Gasteiger partial charge in [0.05, 0.1) is 4.90 Å². The summed E-state index contributed by atoms with van der Waals surface area (Å²) in [4.78, 5) is 3.97. The Morgan fingerprint density at radius 1 is 1.11 bits per heavy atom. The van der Waals surface area contributed by atoms with Crippen LogP contribution in [-0.2, 0) is 10.0 Å². The molecule has 0 aliphatic carbocycles. The van der Waals surface area contributed by atoms with E-state index >= 15 is 0 Å². The van der Waals surface area contributed by atoms with E-state index in [1.807, 2.05) is 6.92 Å². The van der Waals surface area contributed by atoms with Gasteiger partial charge in [-0.3, -0.25) is 4.72 Å². The molecular weight excluding hydrogens is 307 g/mol. The first-order valence-electron chi connectivity index (χ1n) is 5.28. The molecule has 0 bridgehead atoms. The largest absolute Gasteiger partial charge is 0.263 e. The van der Waals surface area contributed by atoms with Gasteiger partial charge in [-0.25, -0.2) is 13.4 Å². The van der Waals surface area contributed by atoms with Crippen LogP contribution in [0.2, 0.25) is 10.0 Å². The molecule has 0 saturated carbocycles. The number of rotatable bonds is 3. The van der Waals surface area contributed by atoms with Crippen LogP contribution in [0.15, 0.2) is 41.4 Å². The van der Waals surface area contributed by atoms with Gasteiger partial charge in [0.1, 0.15) is 5.82 Å². The summed E-state index contributed by atoms with van der Waals surface area (Å²) in [5.74, 6) is 0.238. The molecule has 0 atom stereocenters. The molecule has 0 radical (unpaired) electrons. The Hall–Kier alpha value is -1.30. The quantitative estimate of drug-likeness (QED) is 0.942. The summed E-state index contributed by atoms with van der Waals surface area (Å²) in [6.45, 7) is 1.86. The number of nitrogens with one attached hydrogen (secondary N) is 1. The van der Waals surface area contributed by atoms with Crippen LogP contribution < -0.4 is 4.72 Å². The fraction of sp³-hybridized carbons (Fsp3) is 0.0833. The Labute approximate surface area is 121 Å². The number of sulfonamides is 1. The van der Waals surface area contributed by atoms with Crippen molar-refractivity contribution in [1.82, 2.24) is 4.98 Å². The molecule has 2 rings (SSSR count). The van der Waals surface area contributed by atoms with Crippen LogP contribution in [0.25, 0.3) is 0 Å². The molecule has 0 amide bonds. The molecule has 7 heteroatoms. The van der Waals surface area contributed by atoms with Gasteiger partial charge in [-0.05, 0) is 36.8 Å². The minimum Gasteiger partial charge on any atom is -0.263 e. The lowest BCUT2D eigenvalue weighted by atomic mass is 10.3. The summed E-state index contributed by atoms with van der Waals surface area (Å²) in [5.41, 5.74) is 0.939. The lowest BCUT2D eigenvalue weighted by Gasteiger charge is -2.08. The summed E-state index contributed by atoms with van der Waals surface area (Å²) >= 11 is 11.6. The molecule has 0 unspecified atom stereocenters. The molecule has 100 valence electrons. The molecule has 1 heterocycles. The molecule has 2 aromatic rings. The van der Waals surface area contributed by atoms with E-state index in [0.29, 0.717) is 0 Å². The van der Waals surface area contributed by atoms with Crippen molar-refractivity contribution in [2.45, 2.75) is 11.8 Å². The minimum absolute atomic E-state index is 0.00706. The van der Waals surface area contributed by atoms with E-state index in [0.717, 1.165) is 5.56 Å². The Balaban J connectivity index is 2.34. The summed E-state index contributed by atoms with van der Waals surface area (Å²) in [6.07, 6.45) is 1.57. The maximum atomic E-state index is 12.1. The number of anilines is 1. The second-order valence-electron chi connectivity index (χ2n) is 3.93. The van der Waals surface area contributed by atoms with Crippen molar-refractivity contribution in [3.8, 4) is 0 Å².